The fourth-order valence-electron chi connectivity index (χ4n) is 3.32. The first-order valence-electron chi connectivity index (χ1n) is 10.1. The highest BCUT2D eigenvalue weighted by atomic mass is 32.2. The van der Waals surface area contributed by atoms with Crippen molar-refractivity contribution in [3.63, 3.8) is 0 Å². The average molecular weight is 510 g/mol. The fourth-order valence-corrected chi connectivity index (χ4v) is 4.65. The molecule has 0 saturated carbocycles. The lowest BCUT2D eigenvalue weighted by Crippen LogP contribution is -2.71. The quantitative estimate of drug-likeness (QED) is 0.147. The third-order valence-electron chi connectivity index (χ3n) is 4.67. The Morgan fingerprint density at radius 2 is 2.09 bits per heavy atom. The molecule has 15 heteroatoms. The number of esters is 2. The highest BCUT2D eigenvalue weighted by Gasteiger charge is 2.55. The standard InChI is InChI=1S/C20H22N4O10S/c1-9(25)33-10(2)34-19(28)15-11(7-32-20(21)29)8-35-18-14(17(27)24(15)18)22-16(26)13(23-30-3)12-5-4-6-31-12/h4-6,10,14,18H,7-8H2,1-3H3,(H2,21,29)(H,22,26)/t10?,14-,18+/m1/s1. The van der Waals surface area contributed by atoms with E-state index in [1.54, 1.807) is 6.07 Å². The molecule has 3 atom stereocenters. The molecule has 1 saturated heterocycles. The van der Waals surface area contributed by atoms with Crippen molar-refractivity contribution in [2.45, 2.75) is 31.6 Å². The lowest BCUT2D eigenvalue weighted by Gasteiger charge is -2.49. The molecule has 2 aliphatic heterocycles. The Kier molecular flexibility index (Phi) is 8.01. The molecule has 188 valence electrons. The van der Waals surface area contributed by atoms with Crippen LogP contribution in [0.15, 0.2) is 39.2 Å². The van der Waals surface area contributed by atoms with E-state index in [-0.39, 0.29) is 35.1 Å². The van der Waals surface area contributed by atoms with Gasteiger partial charge in [-0.1, -0.05) is 5.16 Å². The van der Waals surface area contributed by atoms with Crippen molar-refractivity contribution in [1.29, 1.82) is 0 Å². The number of carbonyl (C=O) groups is 5. The van der Waals surface area contributed by atoms with E-state index in [1.807, 2.05) is 0 Å². The topological polar surface area (TPSA) is 189 Å². The number of primary amides is 1. The Bertz CT molecular complexity index is 1080. The summed E-state index contributed by atoms with van der Waals surface area (Å²) in [6, 6.07) is 2.03. The summed E-state index contributed by atoms with van der Waals surface area (Å²) < 4.78 is 19.9. The van der Waals surface area contributed by atoms with Gasteiger partial charge < -0.3 is 34.5 Å². The predicted molar refractivity (Wildman–Crippen MR) is 117 cm³/mol. The first kappa shape index (κ1) is 25.6. The van der Waals surface area contributed by atoms with Crippen molar-refractivity contribution in [2.75, 3.05) is 19.5 Å². The van der Waals surface area contributed by atoms with Gasteiger partial charge in [0.25, 0.3) is 11.8 Å². The number of thioether (sulfide) groups is 1. The summed E-state index contributed by atoms with van der Waals surface area (Å²) in [7, 11) is 1.25. The van der Waals surface area contributed by atoms with Gasteiger partial charge in [0.2, 0.25) is 12.0 Å². The van der Waals surface area contributed by atoms with Crippen LogP contribution in [0.5, 0.6) is 0 Å². The van der Waals surface area contributed by atoms with Gasteiger partial charge in [-0.2, -0.15) is 0 Å². The molecule has 2 aliphatic rings. The van der Waals surface area contributed by atoms with Crippen LogP contribution in [0.3, 0.4) is 0 Å². The van der Waals surface area contributed by atoms with Gasteiger partial charge in [0.05, 0.1) is 6.26 Å². The van der Waals surface area contributed by atoms with Crippen LogP contribution in [-0.4, -0.2) is 77.6 Å². The first-order valence-corrected chi connectivity index (χ1v) is 11.1. The predicted octanol–water partition coefficient (Wildman–Crippen LogP) is -0.168. The molecule has 35 heavy (non-hydrogen) atoms. The molecule has 0 aliphatic carbocycles. The number of nitrogens with one attached hydrogen (secondary N) is 1. The van der Waals surface area contributed by atoms with Crippen molar-refractivity contribution >= 4 is 47.3 Å². The molecule has 0 aromatic carbocycles. The van der Waals surface area contributed by atoms with Gasteiger partial charge >= 0.3 is 18.0 Å². The highest BCUT2D eigenvalue weighted by Crippen LogP contribution is 2.41. The molecule has 1 unspecified atom stereocenters. The van der Waals surface area contributed by atoms with Crippen molar-refractivity contribution in [3.8, 4) is 0 Å². The zero-order chi connectivity index (χ0) is 25.7. The van der Waals surface area contributed by atoms with E-state index < -0.39 is 47.6 Å². The van der Waals surface area contributed by atoms with Gasteiger partial charge in [0.1, 0.15) is 30.8 Å². The van der Waals surface area contributed by atoms with Crippen molar-refractivity contribution in [2.24, 2.45) is 10.9 Å². The van der Waals surface area contributed by atoms with E-state index in [1.165, 1.54) is 38.1 Å². The Labute approximate surface area is 202 Å². The Morgan fingerprint density at radius 1 is 1.34 bits per heavy atom. The van der Waals surface area contributed by atoms with Crippen LogP contribution in [0.25, 0.3) is 0 Å². The maximum Gasteiger partial charge on any atom is 0.404 e. The SMILES string of the molecule is CON=C(C(=O)N[C@@H]1C(=O)N2C(C(=O)OC(C)OC(C)=O)=C(COC(N)=O)CS[C@@H]12)c1ccco1. The zero-order valence-corrected chi connectivity index (χ0v) is 19.7. The molecule has 1 aromatic heterocycles. The number of carbonyl (C=O) groups excluding carboxylic acids is 5. The number of fused-ring (bicyclic) bond motifs is 1. The van der Waals surface area contributed by atoms with Crippen molar-refractivity contribution in [3.05, 3.63) is 35.4 Å². The van der Waals surface area contributed by atoms with Crippen LogP contribution >= 0.6 is 11.8 Å². The third kappa shape index (κ3) is 5.74. The van der Waals surface area contributed by atoms with E-state index in [0.717, 1.165) is 11.8 Å². The van der Waals surface area contributed by atoms with Gasteiger partial charge in [0, 0.05) is 25.2 Å². The molecule has 1 fully saturated rings. The monoisotopic (exact) mass is 510 g/mol. The summed E-state index contributed by atoms with van der Waals surface area (Å²) >= 11 is 1.21. The van der Waals surface area contributed by atoms with E-state index in [2.05, 4.69) is 10.5 Å². The smallest absolute Gasteiger partial charge is 0.404 e. The molecule has 1 aromatic rings. The normalized spacial score (nSPS) is 20.3. The molecular weight excluding hydrogens is 488 g/mol. The number of hydrogen-bond acceptors (Lipinski definition) is 12. The van der Waals surface area contributed by atoms with Crippen LogP contribution in [0.2, 0.25) is 0 Å². The van der Waals surface area contributed by atoms with Gasteiger partial charge in [0.15, 0.2) is 5.76 Å². The second-order valence-corrected chi connectivity index (χ2v) is 8.21. The number of furan rings is 1. The number of nitrogens with two attached hydrogens (primary N) is 1. The Hall–Kier alpha value is -4.01. The van der Waals surface area contributed by atoms with E-state index in [0.29, 0.717) is 0 Å². The fraction of sp³-hybridized carbons (Fsp3) is 0.400. The summed E-state index contributed by atoms with van der Waals surface area (Å²) in [4.78, 5) is 66.7. The molecule has 3 amide bonds. The number of oxime groups is 1. The number of nitrogens with zero attached hydrogens (tertiary/aromatic N) is 2. The minimum absolute atomic E-state index is 0.124. The third-order valence-corrected chi connectivity index (χ3v) is 6.01. The molecule has 0 spiro atoms. The Balaban J connectivity index is 1.80. The lowest BCUT2D eigenvalue weighted by molar-refractivity contribution is -0.182. The van der Waals surface area contributed by atoms with Crippen LogP contribution in [0, 0.1) is 0 Å². The summed E-state index contributed by atoms with van der Waals surface area (Å²) in [5.74, 6) is -2.75. The lowest BCUT2D eigenvalue weighted by atomic mass is 10.0. The second kappa shape index (κ2) is 10.9. The molecule has 3 N–H and O–H groups in total. The van der Waals surface area contributed by atoms with Crippen LogP contribution in [0.4, 0.5) is 4.79 Å². The zero-order valence-electron chi connectivity index (χ0n) is 18.8. The summed E-state index contributed by atoms with van der Waals surface area (Å²) in [6.07, 6.45) is -0.976. The number of ether oxygens (including phenoxy) is 3. The Morgan fingerprint density at radius 3 is 2.69 bits per heavy atom. The summed E-state index contributed by atoms with van der Waals surface area (Å²) in [6.45, 7) is 2.09. The highest BCUT2D eigenvalue weighted by molar-refractivity contribution is 8.00. The first-order chi connectivity index (χ1) is 16.6. The van der Waals surface area contributed by atoms with Crippen molar-refractivity contribution < 1.29 is 47.4 Å². The number of hydrogen-bond donors (Lipinski definition) is 2. The summed E-state index contributed by atoms with van der Waals surface area (Å²) in [5, 5.41) is 5.53. The minimum Gasteiger partial charge on any atom is -0.462 e. The summed E-state index contributed by atoms with van der Waals surface area (Å²) in [5.41, 5.74) is 4.89. The van der Waals surface area contributed by atoms with Gasteiger partial charge in [-0.3, -0.25) is 19.3 Å². The van der Waals surface area contributed by atoms with Gasteiger partial charge in [-0.05, 0) is 12.1 Å². The maximum atomic E-state index is 13.0. The average Bonchev–Trinajstić information content (AvgIpc) is 3.32. The van der Waals surface area contributed by atoms with Crippen LogP contribution in [-0.2, 0) is 38.2 Å². The van der Waals surface area contributed by atoms with Gasteiger partial charge in [-0.15, -0.1) is 11.8 Å². The van der Waals surface area contributed by atoms with Gasteiger partial charge in [-0.25, -0.2) is 9.59 Å². The molecule has 0 bridgehead atoms. The van der Waals surface area contributed by atoms with E-state index >= 15 is 0 Å². The van der Waals surface area contributed by atoms with E-state index in [9.17, 15) is 24.0 Å². The maximum absolute atomic E-state index is 13.0. The molecular formula is C20H22N4O10S. The van der Waals surface area contributed by atoms with Crippen LogP contribution in [0.1, 0.15) is 19.6 Å². The second-order valence-electron chi connectivity index (χ2n) is 7.10. The molecule has 14 nitrogen and oxygen atoms in total. The van der Waals surface area contributed by atoms with Crippen molar-refractivity contribution in [1.82, 2.24) is 10.2 Å². The molecule has 3 rings (SSSR count). The number of rotatable bonds is 9. The minimum atomic E-state index is -1.24. The molecule has 3 heterocycles. The molecule has 0 radical (unpaired) electrons. The number of β-lactam (4-membered cyclic amide) rings is 1. The number of amides is 3. The van der Waals surface area contributed by atoms with Crippen LogP contribution < -0.4 is 11.1 Å². The largest absolute Gasteiger partial charge is 0.462 e. The van der Waals surface area contributed by atoms with E-state index in [4.69, 9.17) is 29.2 Å².